The molecule has 3 aromatic rings. The van der Waals surface area contributed by atoms with Crippen molar-refractivity contribution in [3.63, 3.8) is 0 Å². The van der Waals surface area contributed by atoms with Crippen LogP contribution in [0.3, 0.4) is 0 Å². The van der Waals surface area contributed by atoms with Crippen LogP contribution in [0, 0.1) is 6.92 Å². The van der Waals surface area contributed by atoms with E-state index in [1.807, 2.05) is 19.1 Å². The number of nitrogens with one attached hydrogen (secondary N) is 1. The molecule has 1 aromatic heterocycles. The molecule has 1 heterocycles. The number of halogens is 1. The average molecular weight is 400 g/mol. The maximum atomic E-state index is 12.5. The molecule has 0 bridgehead atoms. The Morgan fingerprint density at radius 2 is 1.86 bits per heavy atom. The Bertz CT molecular complexity index is 1150. The SMILES string of the molecule is COc1ccc(Cl)cc1NC(=O)Cn1ccn(-c2ccccc2C)c(=O)c1=O. The van der Waals surface area contributed by atoms with Crippen LogP contribution in [-0.2, 0) is 11.3 Å². The van der Waals surface area contributed by atoms with Crippen LogP contribution in [0.2, 0.25) is 5.02 Å². The molecule has 0 unspecified atom stereocenters. The van der Waals surface area contributed by atoms with Gasteiger partial charge in [-0.25, -0.2) is 0 Å². The molecule has 0 saturated carbocycles. The number of hydrogen-bond acceptors (Lipinski definition) is 4. The molecule has 8 heteroatoms. The van der Waals surface area contributed by atoms with E-state index in [2.05, 4.69) is 5.32 Å². The zero-order valence-electron chi connectivity index (χ0n) is 15.3. The Balaban J connectivity index is 1.86. The normalized spacial score (nSPS) is 10.5. The number of carbonyl (C=O) groups is 1. The molecule has 0 aliphatic heterocycles. The van der Waals surface area contributed by atoms with Gasteiger partial charge in [-0.3, -0.25) is 23.5 Å². The van der Waals surface area contributed by atoms with Crippen LogP contribution >= 0.6 is 11.6 Å². The first-order valence-corrected chi connectivity index (χ1v) is 8.80. The number of anilines is 1. The van der Waals surface area contributed by atoms with Gasteiger partial charge in [-0.15, -0.1) is 0 Å². The highest BCUT2D eigenvalue weighted by Crippen LogP contribution is 2.27. The maximum Gasteiger partial charge on any atom is 0.320 e. The number of methoxy groups -OCH3 is 1. The fourth-order valence-corrected chi connectivity index (χ4v) is 2.95. The van der Waals surface area contributed by atoms with E-state index in [9.17, 15) is 14.4 Å². The van der Waals surface area contributed by atoms with Crippen LogP contribution in [0.15, 0.2) is 64.4 Å². The number of aromatic nitrogens is 2. The van der Waals surface area contributed by atoms with Crippen LogP contribution in [-0.4, -0.2) is 22.2 Å². The highest BCUT2D eigenvalue weighted by molar-refractivity contribution is 6.31. The van der Waals surface area contributed by atoms with Crippen molar-refractivity contribution >= 4 is 23.2 Å². The predicted molar refractivity (Wildman–Crippen MR) is 108 cm³/mol. The minimum absolute atomic E-state index is 0.321. The van der Waals surface area contributed by atoms with Crippen molar-refractivity contribution in [1.82, 2.24) is 9.13 Å². The summed E-state index contributed by atoms with van der Waals surface area (Å²) in [7, 11) is 1.47. The number of hydrogen-bond donors (Lipinski definition) is 1. The second kappa shape index (κ2) is 8.14. The number of amides is 1. The maximum absolute atomic E-state index is 12.5. The van der Waals surface area contributed by atoms with Gasteiger partial charge < -0.3 is 10.1 Å². The summed E-state index contributed by atoms with van der Waals surface area (Å²) in [4.78, 5) is 37.3. The molecule has 7 nitrogen and oxygen atoms in total. The van der Waals surface area contributed by atoms with Crippen molar-refractivity contribution < 1.29 is 9.53 Å². The third-order valence-corrected chi connectivity index (χ3v) is 4.42. The van der Waals surface area contributed by atoms with E-state index in [1.54, 1.807) is 24.3 Å². The van der Waals surface area contributed by atoms with Crippen LogP contribution in [0.5, 0.6) is 5.75 Å². The molecule has 144 valence electrons. The summed E-state index contributed by atoms with van der Waals surface area (Å²) in [6.45, 7) is 1.53. The number of para-hydroxylation sites is 1. The minimum Gasteiger partial charge on any atom is -0.495 e. The number of aryl methyl sites for hydroxylation is 1. The van der Waals surface area contributed by atoms with Crippen LogP contribution in [0.25, 0.3) is 5.69 Å². The first-order chi connectivity index (χ1) is 13.4. The van der Waals surface area contributed by atoms with E-state index in [-0.39, 0.29) is 6.54 Å². The standard InChI is InChI=1S/C20H18ClN3O4/c1-13-5-3-4-6-16(13)24-10-9-23(19(26)20(24)27)12-18(25)22-15-11-14(21)7-8-17(15)28-2/h3-11H,12H2,1-2H3,(H,22,25). The first-order valence-electron chi connectivity index (χ1n) is 8.42. The van der Waals surface area contributed by atoms with Gasteiger partial charge in [0.15, 0.2) is 0 Å². The predicted octanol–water partition coefficient (Wildman–Crippen LogP) is 2.61. The van der Waals surface area contributed by atoms with Gasteiger partial charge in [0.1, 0.15) is 12.3 Å². The summed E-state index contributed by atoms with van der Waals surface area (Å²) in [5.74, 6) is -0.0595. The molecule has 0 spiro atoms. The van der Waals surface area contributed by atoms with Crippen LogP contribution < -0.4 is 21.2 Å². The van der Waals surface area contributed by atoms with Gasteiger partial charge >= 0.3 is 11.1 Å². The highest BCUT2D eigenvalue weighted by Gasteiger charge is 2.13. The monoisotopic (exact) mass is 399 g/mol. The lowest BCUT2D eigenvalue weighted by atomic mass is 10.2. The summed E-state index contributed by atoms with van der Waals surface area (Å²) in [5.41, 5.74) is 0.322. The molecule has 3 rings (SSSR count). The van der Waals surface area contributed by atoms with Crippen LogP contribution in [0.4, 0.5) is 5.69 Å². The molecular weight excluding hydrogens is 382 g/mol. The van der Waals surface area contributed by atoms with Crippen molar-refractivity contribution in [2.75, 3.05) is 12.4 Å². The third-order valence-electron chi connectivity index (χ3n) is 4.18. The van der Waals surface area contributed by atoms with Gasteiger partial charge in [0.25, 0.3) is 0 Å². The fourth-order valence-electron chi connectivity index (χ4n) is 2.78. The van der Waals surface area contributed by atoms with E-state index in [0.717, 1.165) is 10.1 Å². The molecule has 1 N–H and O–H groups in total. The van der Waals surface area contributed by atoms with Gasteiger partial charge in [-0.1, -0.05) is 29.8 Å². The molecule has 0 aliphatic carbocycles. The number of ether oxygens (including phenoxy) is 1. The number of carbonyl (C=O) groups excluding carboxylic acids is 1. The topological polar surface area (TPSA) is 82.3 Å². The smallest absolute Gasteiger partial charge is 0.320 e. The van der Waals surface area contributed by atoms with Crippen molar-refractivity contribution in [2.24, 2.45) is 0 Å². The molecular formula is C20H18ClN3O4. The van der Waals surface area contributed by atoms with E-state index in [4.69, 9.17) is 16.3 Å². The van der Waals surface area contributed by atoms with Crippen molar-refractivity contribution in [3.05, 3.63) is 86.2 Å². The Morgan fingerprint density at radius 3 is 2.57 bits per heavy atom. The molecule has 0 aliphatic rings. The van der Waals surface area contributed by atoms with Gasteiger partial charge in [0.05, 0.1) is 18.5 Å². The van der Waals surface area contributed by atoms with E-state index < -0.39 is 17.0 Å². The number of rotatable bonds is 5. The second-order valence-corrected chi connectivity index (χ2v) is 6.52. The van der Waals surface area contributed by atoms with Crippen molar-refractivity contribution in [3.8, 4) is 11.4 Å². The van der Waals surface area contributed by atoms with Crippen LogP contribution in [0.1, 0.15) is 5.56 Å². The number of benzene rings is 2. The molecule has 1 amide bonds. The fraction of sp³-hybridized carbons (Fsp3) is 0.150. The Labute approximate surface area is 165 Å². The van der Waals surface area contributed by atoms with E-state index >= 15 is 0 Å². The Hall–Kier alpha value is -3.32. The summed E-state index contributed by atoms with van der Waals surface area (Å²) < 4.78 is 7.50. The summed E-state index contributed by atoms with van der Waals surface area (Å²) in [6, 6.07) is 12.0. The summed E-state index contributed by atoms with van der Waals surface area (Å²) in [6.07, 6.45) is 2.88. The lowest BCUT2D eigenvalue weighted by Gasteiger charge is -2.12. The highest BCUT2D eigenvalue weighted by atomic mass is 35.5. The summed E-state index contributed by atoms with van der Waals surface area (Å²) >= 11 is 5.95. The molecule has 0 radical (unpaired) electrons. The van der Waals surface area contributed by atoms with E-state index in [1.165, 1.54) is 30.1 Å². The van der Waals surface area contributed by atoms with Gasteiger partial charge in [-0.05, 0) is 36.8 Å². The average Bonchev–Trinajstić information content (AvgIpc) is 2.67. The Morgan fingerprint density at radius 1 is 1.11 bits per heavy atom. The van der Waals surface area contributed by atoms with Crippen molar-refractivity contribution in [2.45, 2.75) is 13.5 Å². The largest absolute Gasteiger partial charge is 0.495 e. The molecule has 28 heavy (non-hydrogen) atoms. The molecule has 0 atom stereocenters. The third kappa shape index (κ3) is 3.99. The van der Waals surface area contributed by atoms with E-state index in [0.29, 0.717) is 22.1 Å². The minimum atomic E-state index is -0.793. The molecule has 2 aromatic carbocycles. The Kier molecular flexibility index (Phi) is 5.65. The van der Waals surface area contributed by atoms with Gasteiger partial charge in [0.2, 0.25) is 5.91 Å². The second-order valence-electron chi connectivity index (χ2n) is 6.09. The zero-order chi connectivity index (χ0) is 20.3. The molecule has 0 saturated heterocycles. The zero-order valence-corrected chi connectivity index (χ0v) is 16.1. The quantitative estimate of drug-likeness (QED) is 0.668. The first kappa shape index (κ1) is 19.4. The lowest BCUT2D eigenvalue weighted by Crippen LogP contribution is -2.41. The number of nitrogens with zero attached hydrogens (tertiary/aromatic N) is 2. The molecule has 0 fully saturated rings. The van der Waals surface area contributed by atoms with Crippen molar-refractivity contribution in [1.29, 1.82) is 0 Å². The van der Waals surface area contributed by atoms with Gasteiger partial charge in [0, 0.05) is 17.4 Å². The van der Waals surface area contributed by atoms with Gasteiger partial charge in [-0.2, -0.15) is 0 Å². The lowest BCUT2D eigenvalue weighted by molar-refractivity contribution is -0.116. The summed E-state index contributed by atoms with van der Waals surface area (Å²) in [5, 5.41) is 3.06.